The molecule has 1 heterocycles. The quantitative estimate of drug-likeness (QED) is 0.312. The lowest BCUT2D eigenvalue weighted by Crippen LogP contribution is -2.58. The topological polar surface area (TPSA) is 153 Å². The van der Waals surface area contributed by atoms with Gasteiger partial charge in [-0.1, -0.05) is 72.3 Å². The number of imide groups is 3. The first kappa shape index (κ1) is 30.2. The summed E-state index contributed by atoms with van der Waals surface area (Å²) in [5.74, 6) is -6.28. The molecule has 4 aliphatic rings. The van der Waals surface area contributed by atoms with Gasteiger partial charge in [0.25, 0.3) is 0 Å². The molecule has 1 saturated heterocycles. The van der Waals surface area contributed by atoms with Crippen molar-refractivity contribution in [3.05, 3.63) is 107 Å². The molecule has 6 atom stereocenters. The van der Waals surface area contributed by atoms with E-state index in [4.69, 9.17) is 15.2 Å². The van der Waals surface area contributed by atoms with Gasteiger partial charge in [0.05, 0.1) is 31.5 Å². The highest BCUT2D eigenvalue weighted by Crippen LogP contribution is 2.64. The van der Waals surface area contributed by atoms with Crippen LogP contribution in [0.2, 0.25) is 0 Å². The van der Waals surface area contributed by atoms with Crippen LogP contribution in [0.25, 0.3) is 5.57 Å². The average molecular weight is 633 g/mol. The van der Waals surface area contributed by atoms with Crippen molar-refractivity contribution >= 4 is 35.0 Å². The maximum absolute atomic E-state index is 15.0. The molecule has 0 aromatic heterocycles. The van der Waals surface area contributed by atoms with Gasteiger partial charge in [-0.15, -0.1) is 0 Å². The van der Waals surface area contributed by atoms with Crippen molar-refractivity contribution in [2.75, 3.05) is 14.2 Å². The number of allylic oxidation sites excluding steroid dienone is 4. The molecule has 1 aliphatic heterocycles. The fourth-order valence-electron chi connectivity index (χ4n) is 8.55. The summed E-state index contributed by atoms with van der Waals surface area (Å²) in [5.41, 5.74) is 6.68. The van der Waals surface area contributed by atoms with Gasteiger partial charge in [-0.25, -0.2) is 4.79 Å². The Kier molecular flexibility index (Phi) is 7.11. The fourth-order valence-corrected chi connectivity index (χ4v) is 8.55. The van der Waals surface area contributed by atoms with E-state index in [1.165, 1.54) is 20.3 Å². The second-order valence-electron chi connectivity index (χ2n) is 12.4. The number of phenolic OH excluding ortho intramolecular Hbond substituents is 1. The zero-order valence-electron chi connectivity index (χ0n) is 25.7. The van der Waals surface area contributed by atoms with Crippen molar-refractivity contribution < 1.29 is 38.6 Å². The van der Waals surface area contributed by atoms with Crippen molar-refractivity contribution in [3.63, 3.8) is 0 Å². The van der Waals surface area contributed by atoms with Crippen LogP contribution < -0.4 is 15.2 Å². The average Bonchev–Trinajstić information content (AvgIpc) is 3.35. The lowest BCUT2D eigenvalue weighted by Gasteiger charge is -2.55. The number of primary amides is 1. The molecule has 3 N–H and O–H groups in total. The number of hydrogen-bond donors (Lipinski definition) is 2. The molecule has 2 fully saturated rings. The summed E-state index contributed by atoms with van der Waals surface area (Å²) in [6.07, 6.45) is 3.50. The number of likely N-dealkylation sites (tertiary alicyclic amines) is 1. The number of nitrogens with two attached hydrogens (primary N) is 1. The second kappa shape index (κ2) is 11.1. The largest absolute Gasteiger partial charge is 0.502 e. The third-order valence-corrected chi connectivity index (χ3v) is 10.4. The van der Waals surface area contributed by atoms with Gasteiger partial charge >= 0.3 is 6.03 Å². The monoisotopic (exact) mass is 632 g/mol. The minimum absolute atomic E-state index is 0.0745. The molecule has 0 bridgehead atoms. The lowest BCUT2D eigenvalue weighted by molar-refractivity contribution is -0.137. The molecule has 10 nitrogen and oxygen atoms in total. The van der Waals surface area contributed by atoms with Crippen LogP contribution >= 0.6 is 0 Å². The summed E-state index contributed by atoms with van der Waals surface area (Å²) in [5, 5.41) is 10.9. The number of hydrogen-bond acceptors (Lipinski definition) is 8. The minimum atomic E-state index is -1.48. The van der Waals surface area contributed by atoms with E-state index >= 15 is 4.79 Å². The number of Topliss-reactive ketones (excluding diaryl/α,β-unsaturated/α-hetero) is 1. The number of nitrogens with zero attached hydrogens (tertiary/aromatic N) is 1. The highest BCUT2D eigenvalue weighted by molar-refractivity contribution is 6.31. The van der Waals surface area contributed by atoms with Crippen LogP contribution in [0.1, 0.15) is 35.4 Å². The number of aromatic hydroxyl groups is 1. The van der Waals surface area contributed by atoms with Crippen molar-refractivity contribution in [2.24, 2.45) is 29.4 Å². The molecule has 3 aromatic rings. The minimum Gasteiger partial charge on any atom is -0.502 e. The Morgan fingerprint density at radius 1 is 0.894 bits per heavy atom. The van der Waals surface area contributed by atoms with Gasteiger partial charge in [-0.3, -0.25) is 19.2 Å². The smallest absolute Gasteiger partial charge is 0.328 e. The molecule has 1 saturated carbocycles. The van der Waals surface area contributed by atoms with Gasteiger partial charge in [0.1, 0.15) is 0 Å². The molecular weight excluding hydrogens is 600 g/mol. The van der Waals surface area contributed by atoms with E-state index in [0.29, 0.717) is 27.2 Å². The number of ether oxygens (including phenoxy) is 2. The molecule has 238 valence electrons. The lowest BCUT2D eigenvalue weighted by atomic mass is 9.44. The third-order valence-electron chi connectivity index (χ3n) is 10.4. The van der Waals surface area contributed by atoms with Crippen LogP contribution in [0.3, 0.4) is 0 Å². The van der Waals surface area contributed by atoms with Crippen LogP contribution in [0.5, 0.6) is 17.2 Å². The van der Waals surface area contributed by atoms with Crippen LogP contribution in [0, 0.1) is 23.7 Å². The summed E-state index contributed by atoms with van der Waals surface area (Å²) >= 11 is 0. The number of rotatable bonds is 5. The molecular formula is C37H32N2O8. The third kappa shape index (κ3) is 4.20. The number of carbonyl (C=O) groups is 5. The van der Waals surface area contributed by atoms with Crippen LogP contribution in [-0.2, 0) is 24.6 Å². The van der Waals surface area contributed by atoms with E-state index in [1.54, 1.807) is 36.4 Å². The molecule has 3 aromatic carbocycles. The normalized spacial score (nSPS) is 28.1. The molecule has 47 heavy (non-hydrogen) atoms. The number of methoxy groups -OCH3 is 2. The number of amides is 4. The van der Waals surface area contributed by atoms with Crippen molar-refractivity contribution in [2.45, 2.75) is 24.2 Å². The van der Waals surface area contributed by atoms with E-state index < -0.39 is 52.8 Å². The Morgan fingerprint density at radius 2 is 1.51 bits per heavy atom. The van der Waals surface area contributed by atoms with Gasteiger partial charge in [-0.2, -0.15) is 4.90 Å². The molecule has 4 amide bonds. The summed E-state index contributed by atoms with van der Waals surface area (Å²) in [4.78, 5) is 69.9. The number of phenols is 1. The van der Waals surface area contributed by atoms with Gasteiger partial charge in [0, 0.05) is 17.4 Å². The first-order valence-electron chi connectivity index (χ1n) is 15.4. The standard InChI is InChI=1S/C37H32N2O8/c1-46-27-15-20(16-28(47-2)33(27)42)31-22-13-14-23-30(35(44)39(34(23)43)36(38)45)25(22)17-26-32(41)24(19-9-5-3-6-10-19)18-29(40)37(26,31)21-11-7-4-8-12-21/h3-13,15-16,18,23,25-26,30-31,42H,14,17H2,1-2H3,(H2,38,45)/t23-,25+,26-,30-,31-,37-/m0/s1. The van der Waals surface area contributed by atoms with E-state index in [1.807, 2.05) is 42.5 Å². The first-order valence-corrected chi connectivity index (χ1v) is 15.4. The Labute approximate surface area is 270 Å². The molecule has 7 rings (SSSR count). The Bertz CT molecular complexity index is 1890. The highest BCUT2D eigenvalue weighted by atomic mass is 16.5. The predicted molar refractivity (Wildman–Crippen MR) is 169 cm³/mol. The molecule has 0 spiro atoms. The van der Waals surface area contributed by atoms with Crippen LogP contribution in [0.15, 0.2) is 90.5 Å². The Morgan fingerprint density at radius 3 is 2.11 bits per heavy atom. The van der Waals surface area contributed by atoms with Crippen LogP contribution in [0.4, 0.5) is 4.79 Å². The first-order chi connectivity index (χ1) is 22.6. The maximum Gasteiger partial charge on any atom is 0.328 e. The summed E-state index contributed by atoms with van der Waals surface area (Å²) in [7, 11) is 2.79. The Hall–Kier alpha value is -5.51. The number of benzene rings is 3. The zero-order chi connectivity index (χ0) is 33.2. The van der Waals surface area contributed by atoms with E-state index in [9.17, 15) is 24.3 Å². The van der Waals surface area contributed by atoms with Gasteiger partial charge in [0.15, 0.2) is 23.1 Å². The fraction of sp³-hybridized carbons (Fsp3) is 0.270. The van der Waals surface area contributed by atoms with E-state index in [0.717, 1.165) is 0 Å². The summed E-state index contributed by atoms with van der Waals surface area (Å²) < 4.78 is 11.0. The van der Waals surface area contributed by atoms with Crippen LogP contribution in [-0.4, -0.2) is 53.6 Å². The van der Waals surface area contributed by atoms with Crippen molar-refractivity contribution in [3.8, 4) is 17.2 Å². The highest BCUT2D eigenvalue weighted by Gasteiger charge is 2.66. The van der Waals surface area contributed by atoms with Crippen molar-refractivity contribution in [1.82, 2.24) is 4.90 Å². The van der Waals surface area contributed by atoms with Gasteiger partial charge in [0.2, 0.25) is 17.6 Å². The summed E-state index contributed by atoms with van der Waals surface area (Å²) in [6, 6.07) is 20.1. The van der Waals surface area contributed by atoms with E-state index in [2.05, 4.69) is 0 Å². The Balaban J connectivity index is 1.54. The predicted octanol–water partition coefficient (Wildman–Crippen LogP) is 4.31. The number of fused-ring (bicyclic) bond motifs is 4. The molecule has 0 radical (unpaired) electrons. The molecule has 10 heteroatoms. The number of ketones is 2. The van der Waals surface area contributed by atoms with Gasteiger partial charge < -0.3 is 20.3 Å². The SMILES string of the molecule is COc1cc([C@H]2C3=CC[C@@H]4C(=O)N(C(N)=O)C(=O)[C@@H]4[C@@H]3C[C@H]3C(=O)C(c4ccccc4)=CC(=O)[C@@]23c2ccccc2)cc(OC)c1O. The van der Waals surface area contributed by atoms with Gasteiger partial charge in [-0.05, 0) is 53.7 Å². The maximum atomic E-state index is 15.0. The number of carbonyl (C=O) groups excluding carboxylic acids is 5. The van der Waals surface area contributed by atoms with E-state index in [-0.39, 0.29) is 47.2 Å². The molecule has 3 aliphatic carbocycles. The summed E-state index contributed by atoms with van der Waals surface area (Å²) in [6.45, 7) is 0. The van der Waals surface area contributed by atoms with Crippen molar-refractivity contribution in [1.29, 1.82) is 0 Å². The zero-order valence-corrected chi connectivity index (χ0v) is 25.7. The molecule has 0 unspecified atom stereocenters. The number of urea groups is 1. The second-order valence-corrected chi connectivity index (χ2v) is 12.4.